The first kappa shape index (κ1) is 11.6. The number of furan rings is 1. The molecule has 2 N–H and O–H groups in total. The van der Waals surface area contributed by atoms with E-state index in [1.165, 1.54) is 0 Å². The summed E-state index contributed by atoms with van der Waals surface area (Å²) in [6.07, 6.45) is 2.80. The van der Waals surface area contributed by atoms with Crippen LogP contribution in [0, 0.1) is 0 Å². The van der Waals surface area contributed by atoms with Crippen LogP contribution in [0.25, 0.3) is 0 Å². The van der Waals surface area contributed by atoms with Gasteiger partial charge in [0.25, 0.3) is 0 Å². The smallest absolute Gasteiger partial charge is 0.117 e. The highest BCUT2D eigenvalue weighted by Crippen LogP contribution is 2.12. The third kappa shape index (κ3) is 2.84. The molecule has 1 aliphatic heterocycles. The molecule has 0 spiro atoms. The zero-order valence-corrected chi connectivity index (χ0v) is 9.72. The Morgan fingerprint density at radius 2 is 2.50 bits per heavy atom. The van der Waals surface area contributed by atoms with Crippen molar-refractivity contribution < 1.29 is 9.52 Å². The van der Waals surface area contributed by atoms with Gasteiger partial charge in [-0.1, -0.05) is 0 Å². The maximum atomic E-state index is 9.39. The van der Waals surface area contributed by atoms with E-state index in [9.17, 15) is 5.11 Å². The molecule has 0 radical (unpaired) electrons. The molecule has 2 unspecified atom stereocenters. The Bertz CT molecular complexity index is 300. The number of hydrogen-bond donors (Lipinski definition) is 2. The standard InChI is InChI=1S/C12H20N2O2/c1-10-4-5-14(11(9-15)7-13-10)8-12-3-2-6-16-12/h2-3,6,10-11,13,15H,4-5,7-9H2,1H3. The minimum absolute atomic E-state index is 0.190. The molecule has 0 amide bonds. The highest BCUT2D eigenvalue weighted by Gasteiger charge is 2.23. The van der Waals surface area contributed by atoms with Gasteiger partial charge in [0.2, 0.25) is 0 Å². The van der Waals surface area contributed by atoms with E-state index >= 15 is 0 Å². The van der Waals surface area contributed by atoms with Crippen LogP contribution in [0.5, 0.6) is 0 Å². The molecule has 0 aliphatic carbocycles. The van der Waals surface area contributed by atoms with Crippen molar-refractivity contribution in [3.63, 3.8) is 0 Å². The van der Waals surface area contributed by atoms with Crippen molar-refractivity contribution in [3.8, 4) is 0 Å². The lowest BCUT2D eigenvalue weighted by atomic mass is 10.2. The summed E-state index contributed by atoms with van der Waals surface area (Å²) in [6.45, 7) is 5.01. The second-order valence-corrected chi connectivity index (χ2v) is 4.48. The second kappa shape index (κ2) is 5.48. The van der Waals surface area contributed by atoms with Crippen LogP contribution >= 0.6 is 0 Å². The zero-order valence-electron chi connectivity index (χ0n) is 9.72. The van der Waals surface area contributed by atoms with Gasteiger partial charge in [-0.2, -0.15) is 0 Å². The predicted octanol–water partition coefficient (Wildman–Crippen LogP) is 0.824. The van der Waals surface area contributed by atoms with E-state index in [0.717, 1.165) is 31.8 Å². The molecule has 16 heavy (non-hydrogen) atoms. The monoisotopic (exact) mass is 224 g/mol. The van der Waals surface area contributed by atoms with Gasteiger partial charge in [-0.25, -0.2) is 0 Å². The van der Waals surface area contributed by atoms with Gasteiger partial charge in [-0.05, 0) is 25.5 Å². The summed E-state index contributed by atoms with van der Waals surface area (Å²) in [5.74, 6) is 0.966. The van der Waals surface area contributed by atoms with Crippen LogP contribution in [0.4, 0.5) is 0 Å². The third-order valence-electron chi connectivity index (χ3n) is 3.22. The summed E-state index contributed by atoms with van der Waals surface area (Å²) in [6, 6.07) is 4.60. The van der Waals surface area contributed by atoms with Gasteiger partial charge in [0.1, 0.15) is 5.76 Å². The lowest BCUT2D eigenvalue weighted by Gasteiger charge is -2.26. The molecule has 2 rings (SSSR count). The second-order valence-electron chi connectivity index (χ2n) is 4.48. The van der Waals surface area contributed by atoms with E-state index in [2.05, 4.69) is 17.1 Å². The minimum atomic E-state index is 0.190. The summed E-state index contributed by atoms with van der Waals surface area (Å²) >= 11 is 0. The van der Waals surface area contributed by atoms with E-state index < -0.39 is 0 Å². The van der Waals surface area contributed by atoms with Gasteiger partial charge in [0, 0.05) is 25.2 Å². The summed E-state index contributed by atoms with van der Waals surface area (Å²) in [7, 11) is 0. The number of nitrogens with one attached hydrogen (secondary N) is 1. The maximum absolute atomic E-state index is 9.39. The van der Waals surface area contributed by atoms with Crippen LogP contribution < -0.4 is 5.32 Å². The fourth-order valence-electron chi connectivity index (χ4n) is 2.10. The van der Waals surface area contributed by atoms with Gasteiger partial charge in [0.05, 0.1) is 19.4 Å². The number of aliphatic hydroxyl groups excluding tert-OH is 1. The molecule has 1 fully saturated rings. The largest absolute Gasteiger partial charge is 0.468 e. The van der Waals surface area contributed by atoms with E-state index in [1.807, 2.05) is 12.1 Å². The quantitative estimate of drug-likeness (QED) is 0.798. The zero-order chi connectivity index (χ0) is 11.4. The van der Waals surface area contributed by atoms with Crippen LogP contribution in [-0.4, -0.2) is 41.8 Å². The van der Waals surface area contributed by atoms with Crippen LogP contribution in [0.15, 0.2) is 22.8 Å². The summed E-state index contributed by atoms with van der Waals surface area (Å²) in [5, 5.41) is 12.8. The van der Waals surface area contributed by atoms with E-state index in [1.54, 1.807) is 6.26 Å². The van der Waals surface area contributed by atoms with E-state index in [-0.39, 0.29) is 12.6 Å². The normalized spacial score (nSPS) is 27.9. The van der Waals surface area contributed by atoms with Crippen LogP contribution in [0.1, 0.15) is 19.1 Å². The molecular formula is C12H20N2O2. The van der Waals surface area contributed by atoms with E-state index in [0.29, 0.717) is 6.04 Å². The van der Waals surface area contributed by atoms with Crippen molar-refractivity contribution in [2.45, 2.75) is 32.0 Å². The fourth-order valence-corrected chi connectivity index (χ4v) is 2.10. The van der Waals surface area contributed by atoms with Gasteiger partial charge in [0.15, 0.2) is 0 Å². The van der Waals surface area contributed by atoms with Crippen molar-refractivity contribution in [1.29, 1.82) is 0 Å². The SMILES string of the molecule is CC1CCN(Cc2ccco2)C(CO)CN1. The van der Waals surface area contributed by atoms with Crippen molar-refractivity contribution in [2.24, 2.45) is 0 Å². The number of aliphatic hydroxyl groups is 1. The molecule has 1 aliphatic rings. The first-order chi connectivity index (χ1) is 7.79. The van der Waals surface area contributed by atoms with Crippen molar-refractivity contribution in [2.75, 3.05) is 19.7 Å². The Hall–Kier alpha value is -0.840. The first-order valence-corrected chi connectivity index (χ1v) is 5.90. The molecule has 1 aromatic rings. The Morgan fingerprint density at radius 3 is 3.19 bits per heavy atom. The number of rotatable bonds is 3. The van der Waals surface area contributed by atoms with E-state index in [4.69, 9.17) is 4.42 Å². The topological polar surface area (TPSA) is 48.6 Å². The highest BCUT2D eigenvalue weighted by atomic mass is 16.3. The Labute approximate surface area is 96.2 Å². The van der Waals surface area contributed by atoms with Crippen LogP contribution in [0.3, 0.4) is 0 Å². The van der Waals surface area contributed by atoms with Crippen LogP contribution in [0.2, 0.25) is 0 Å². The molecule has 0 saturated carbocycles. The highest BCUT2D eigenvalue weighted by molar-refractivity contribution is 4.99. The molecule has 2 atom stereocenters. The minimum Gasteiger partial charge on any atom is -0.468 e. The summed E-state index contributed by atoms with van der Waals surface area (Å²) < 4.78 is 5.35. The Morgan fingerprint density at radius 1 is 1.62 bits per heavy atom. The molecule has 2 heterocycles. The van der Waals surface area contributed by atoms with Crippen molar-refractivity contribution in [3.05, 3.63) is 24.2 Å². The molecule has 4 nitrogen and oxygen atoms in total. The first-order valence-electron chi connectivity index (χ1n) is 5.90. The van der Waals surface area contributed by atoms with Gasteiger partial charge >= 0.3 is 0 Å². The summed E-state index contributed by atoms with van der Waals surface area (Å²) in [4.78, 5) is 2.29. The lowest BCUT2D eigenvalue weighted by Crippen LogP contribution is -2.42. The van der Waals surface area contributed by atoms with Gasteiger partial charge < -0.3 is 14.8 Å². The summed E-state index contributed by atoms with van der Waals surface area (Å²) in [5.41, 5.74) is 0. The maximum Gasteiger partial charge on any atom is 0.117 e. The van der Waals surface area contributed by atoms with Gasteiger partial charge in [-0.3, -0.25) is 4.90 Å². The average molecular weight is 224 g/mol. The average Bonchev–Trinajstić information content (AvgIpc) is 2.72. The Kier molecular flexibility index (Phi) is 3.98. The van der Waals surface area contributed by atoms with Crippen LogP contribution in [-0.2, 0) is 6.54 Å². The fraction of sp³-hybridized carbons (Fsp3) is 0.667. The molecule has 1 aromatic heterocycles. The van der Waals surface area contributed by atoms with Crippen molar-refractivity contribution in [1.82, 2.24) is 10.2 Å². The molecule has 90 valence electrons. The molecule has 0 bridgehead atoms. The van der Waals surface area contributed by atoms with Crippen molar-refractivity contribution >= 4 is 0 Å². The van der Waals surface area contributed by atoms with Gasteiger partial charge in [-0.15, -0.1) is 0 Å². The lowest BCUT2D eigenvalue weighted by molar-refractivity contribution is 0.119. The number of nitrogens with zero attached hydrogens (tertiary/aromatic N) is 1. The molecule has 0 aromatic carbocycles. The number of hydrogen-bond acceptors (Lipinski definition) is 4. The third-order valence-corrected chi connectivity index (χ3v) is 3.22. The Balaban J connectivity index is 1.99. The molecular weight excluding hydrogens is 204 g/mol. The molecule has 4 heteroatoms. The predicted molar refractivity (Wildman–Crippen MR) is 62.1 cm³/mol. The molecule has 1 saturated heterocycles.